The van der Waals surface area contributed by atoms with Gasteiger partial charge in [0.25, 0.3) is 5.24 Å². The Morgan fingerprint density at radius 1 is 0.786 bits per heavy atom. The second kappa shape index (κ2) is 9.64. The van der Waals surface area contributed by atoms with Crippen molar-refractivity contribution >= 4 is 56.9 Å². The lowest BCUT2D eigenvalue weighted by atomic mass is 10.2. The molecule has 0 aliphatic carbocycles. The monoisotopic (exact) mass is 431 g/mol. The topological polar surface area (TPSA) is 46.6 Å². The summed E-state index contributed by atoms with van der Waals surface area (Å²) in [6.45, 7) is -0.0778. The highest BCUT2D eigenvalue weighted by Gasteiger charge is 2.26. The molecule has 1 heterocycles. The van der Waals surface area contributed by atoms with Crippen molar-refractivity contribution in [2.24, 2.45) is 0 Å². The molecule has 0 atom stereocenters. The number of ether oxygens (including phenoxy) is 1. The van der Waals surface area contributed by atoms with Crippen molar-refractivity contribution < 1.29 is 14.3 Å². The first-order valence-electron chi connectivity index (χ1n) is 8.28. The fraction of sp³-hybridized carbons (Fsp3) is 0.0476. The van der Waals surface area contributed by atoms with Crippen molar-refractivity contribution in [1.82, 2.24) is 0 Å². The van der Waals surface area contributed by atoms with Crippen molar-refractivity contribution in [3.8, 4) is 5.75 Å². The molecule has 0 saturated carbocycles. The summed E-state index contributed by atoms with van der Waals surface area (Å²) in [5, 5.41) is -0.973. The van der Waals surface area contributed by atoms with Gasteiger partial charge in [-0.25, -0.2) is 0 Å². The summed E-state index contributed by atoms with van der Waals surface area (Å²) in [4.78, 5) is 25.5. The van der Waals surface area contributed by atoms with E-state index in [1.165, 1.54) is 0 Å². The third-order valence-electron chi connectivity index (χ3n) is 3.70. The molecule has 1 aliphatic rings. The van der Waals surface area contributed by atoms with Crippen LogP contribution in [0, 0.1) is 0 Å². The van der Waals surface area contributed by atoms with E-state index in [0.29, 0.717) is 5.75 Å². The second-order valence-corrected chi connectivity index (χ2v) is 7.41. The molecule has 4 rings (SSSR count). The molecular weight excluding hydrogens is 417 g/mol. The Morgan fingerprint density at radius 3 is 1.79 bits per heavy atom. The molecule has 0 saturated heterocycles. The molecule has 3 aromatic carbocycles. The number of anilines is 2. The van der Waals surface area contributed by atoms with Gasteiger partial charge in [-0.05, 0) is 59.6 Å². The Kier molecular flexibility index (Phi) is 6.98. The van der Waals surface area contributed by atoms with Crippen LogP contribution < -0.4 is 9.64 Å². The van der Waals surface area contributed by atoms with Crippen LogP contribution in [0.25, 0.3) is 0 Å². The first-order valence-corrected chi connectivity index (χ1v) is 9.85. The van der Waals surface area contributed by atoms with Crippen molar-refractivity contribution in [2.45, 2.75) is 9.79 Å². The van der Waals surface area contributed by atoms with Gasteiger partial charge in [0.1, 0.15) is 5.75 Å². The number of halogens is 2. The molecule has 0 N–H and O–H groups in total. The normalized spacial score (nSPS) is 11.4. The number of benzene rings is 3. The van der Waals surface area contributed by atoms with Crippen LogP contribution >= 0.6 is 35.0 Å². The molecule has 1 amide bonds. The molecule has 7 heteroatoms. The second-order valence-electron chi connectivity index (χ2n) is 5.58. The Hall–Kier alpha value is -2.47. The molecule has 0 radical (unpaired) electrons. The molecule has 0 fully saturated rings. The van der Waals surface area contributed by atoms with Gasteiger partial charge in [-0.3, -0.25) is 14.5 Å². The molecule has 4 nitrogen and oxygen atoms in total. The van der Waals surface area contributed by atoms with Crippen LogP contribution in [-0.4, -0.2) is 17.2 Å². The van der Waals surface area contributed by atoms with Crippen LogP contribution in [0.15, 0.2) is 88.7 Å². The quantitative estimate of drug-likeness (QED) is 0.351. The largest absolute Gasteiger partial charge is 0.484 e. The summed E-state index contributed by atoms with van der Waals surface area (Å²) < 4.78 is 4.99. The Labute approximate surface area is 177 Å². The highest BCUT2D eigenvalue weighted by atomic mass is 35.5. The maximum Gasteiger partial charge on any atom is 0.325 e. The van der Waals surface area contributed by atoms with E-state index in [1.807, 2.05) is 66.7 Å². The zero-order valence-electron chi connectivity index (χ0n) is 14.5. The standard InChI is InChI=1S/C13H8ClNOS.C8H7ClO2/c14-13(16)15-9-5-1-3-7-11(9)17-12-8-4-2-6-10(12)15;9-8(10)6-11-7-4-2-1-3-5-7/h1-8H;1-5H,6H2. The average Bonchev–Trinajstić information content (AvgIpc) is 2.71. The molecule has 0 unspecified atom stereocenters. The molecule has 0 spiro atoms. The van der Waals surface area contributed by atoms with Crippen LogP contribution in [0.4, 0.5) is 16.2 Å². The number of carbonyl (C=O) groups excluding carboxylic acids is 2. The maximum atomic E-state index is 11.6. The molecule has 0 bridgehead atoms. The third kappa shape index (κ3) is 5.07. The minimum Gasteiger partial charge on any atom is -0.484 e. The Morgan fingerprint density at radius 2 is 1.29 bits per heavy atom. The van der Waals surface area contributed by atoms with E-state index < -0.39 is 10.6 Å². The Balaban J connectivity index is 0.000000178. The van der Waals surface area contributed by atoms with E-state index in [0.717, 1.165) is 21.2 Å². The first-order chi connectivity index (χ1) is 13.6. The number of carbonyl (C=O) groups is 2. The van der Waals surface area contributed by atoms with Gasteiger partial charge in [-0.1, -0.05) is 54.2 Å². The van der Waals surface area contributed by atoms with Gasteiger partial charge in [-0.2, -0.15) is 0 Å². The first kappa shape index (κ1) is 20.3. The molecule has 28 heavy (non-hydrogen) atoms. The minimum atomic E-state index is -0.492. The zero-order chi connectivity index (χ0) is 19.9. The van der Waals surface area contributed by atoms with E-state index in [4.69, 9.17) is 27.9 Å². The SMILES string of the molecule is O=C(Cl)COc1ccccc1.O=C(Cl)N1c2ccccc2Sc2ccccc21. The number of rotatable bonds is 3. The maximum absolute atomic E-state index is 11.6. The summed E-state index contributed by atoms with van der Waals surface area (Å²) >= 11 is 12.4. The fourth-order valence-electron chi connectivity index (χ4n) is 2.55. The number of fused-ring (bicyclic) bond motifs is 2. The van der Waals surface area contributed by atoms with Crippen LogP contribution in [0.1, 0.15) is 0 Å². The lowest BCUT2D eigenvalue weighted by molar-refractivity contribution is -0.113. The molecular formula is C21H15Cl2NO3S. The van der Waals surface area contributed by atoms with Crippen molar-refractivity contribution in [1.29, 1.82) is 0 Å². The highest BCUT2D eigenvalue weighted by Crippen LogP contribution is 2.48. The summed E-state index contributed by atoms with van der Waals surface area (Å²) in [6.07, 6.45) is 0. The van der Waals surface area contributed by atoms with Gasteiger partial charge in [0.15, 0.2) is 6.61 Å². The summed E-state index contributed by atoms with van der Waals surface area (Å²) in [5.74, 6) is 0.654. The smallest absolute Gasteiger partial charge is 0.325 e. The van der Waals surface area contributed by atoms with E-state index in [1.54, 1.807) is 28.8 Å². The number of amides is 1. The molecule has 3 aromatic rings. The van der Waals surface area contributed by atoms with Gasteiger partial charge < -0.3 is 4.74 Å². The third-order valence-corrected chi connectivity index (χ3v) is 5.11. The van der Waals surface area contributed by atoms with Gasteiger partial charge in [0.2, 0.25) is 0 Å². The van der Waals surface area contributed by atoms with E-state index in [9.17, 15) is 9.59 Å². The van der Waals surface area contributed by atoms with Gasteiger partial charge >= 0.3 is 5.37 Å². The number of para-hydroxylation sites is 3. The number of hydrogen-bond acceptors (Lipinski definition) is 4. The predicted octanol–water partition coefficient (Wildman–Crippen LogP) is 6.48. The molecule has 0 aromatic heterocycles. The lowest BCUT2D eigenvalue weighted by Gasteiger charge is -2.28. The summed E-state index contributed by atoms with van der Waals surface area (Å²) in [7, 11) is 0. The van der Waals surface area contributed by atoms with E-state index in [-0.39, 0.29) is 6.61 Å². The number of nitrogens with zero attached hydrogens (tertiary/aromatic N) is 1. The summed E-state index contributed by atoms with van der Waals surface area (Å²) in [5.41, 5.74) is 1.69. The molecule has 1 aliphatic heterocycles. The van der Waals surface area contributed by atoms with Gasteiger partial charge in [-0.15, -0.1) is 0 Å². The van der Waals surface area contributed by atoms with Gasteiger partial charge in [0.05, 0.1) is 11.4 Å². The van der Waals surface area contributed by atoms with Crippen LogP contribution in [0.3, 0.4) is 0 Å². The fourth-order valence-corrected chi connectivity index (χ4v) is 3.85. The highest BCUT2D eigenvalue weighted by molar-refractivity contribution is 7.99. The molecule has 142 valence electrons. The Bertz CT molecular complexity index is 937. The van der Waals surface area contributed by atoms with Crippen LogP contribution in [0.5, 0.6) is 5.75 Å². The average molecular weight is 432 g/mol. The lowest BCUT2D eigenvalue weighted by Crippen LogP contribution is -2.22. The van der Waals surface area contributed by atoms with Crippen molar-refractivity contribution in [3.63, 3.8) is 0 Å². The number of hydrogen-bond donors (Lipinski definition) is 0. The minimum absolute atomic E-state index is 0.0778. The van der Waals surface area contributed by atoms with Crippen LogP contribution in [-0.2, 0) is 4.79 Å². The van der Waals surface area contributed by atoms with E-state index in [2.05, 4.69) is 0 Å². The summed E-state index contributed by atoms with van der Waals surface area (Å²) in [6, 6.07) is 24.5. The van der Waals surface area contributed by atoms with Crippen LogP contribution in [0.2, 0.25) is 0 Å². The van der Waals surface area contributed by atoms with Crippen molar-refractivity contribution in [2.75, 3.05) is 11.5 Å². The predicted molar refractivity (Wildman–Crippen MR) is 113 cm³/mol. The van der Waals surface area contributed by atoms with Crippen molar-refractivity contribution in [3.05, 3.63) is 78.9 Å². The van der Waals surface area contributed by atoms with E-state index >= 15 is 0 Å². The zero-order valence-corrected chi connectivity index (χ0v) is 16.9. The van der Waals surface area contributed by atoms with Gasteiger partial charge in [0, 0.05) is 9.79 Å².